The molecular weight excluding hydrogens is 320 g/mol. The average Bonchev–Trinajstić information content (AvgIpc) is 2.61. The van der Waals surface area contributed by atoms with Crippen LogP contribution in [0, 0.1) is 25.2 Å². The van der Waals surface area contributed by atoms with E-state index < -0.39 is 18.5 Å². The van der Waals surface area contributed by atoms with Gasteiger partial charge in [0.05, 0.1) is 11.6 Å². The van der Waals surface area contributed by atoms with Crippen molar-refractivity contribution in [3.63, 3.8) is 0 Å². The number of carbonyl (C=O) groups excluding carboxylic acids is 2. The highest BCUT2D eigenvalue weighted by Crippen LogP contribution is 2.20. The van der Waals surface area contributed by atoms with E-state index in [1.807, 2.05) is 32.0 Å². The number of anilines is 1. The Morgan fingerprint density at radius 2 is 1.88 bits per heavy atom. The van der Waals surface area contributed by atoms with Crippen molar-refractivity contribution in [2.45, 2.75) is 13.8 Å². The Kier molecular flexibility index (Phi) is 6.13. The molecule has 0 saturated carbocycles. The van der Waals surface area contributed by atoms with Crippen molar-refractivity contribution in [1.82, 2.24) is 0 Å². The minimum Gasteiger partial charge on any atom is -0.482 e. The van der Waals surface area contributed by atoms with Gasteiger partial charge in [-0.05, 0) is 49.2 Å². The van der Waals surface area contributed by atoms with E-state index in [9.17, 15) is 9.59 Å². The minimum atomic E-state index is -0.637. The van der Waals surface area contributed by atoms with Gasteiger partial charge in [-0.3, -0.25) is 4.79 Å². The van der Waals surface area contributed by atoms with E-state index in [1.165, 1.54) is 6.07 Å². The molecule has 0 spiro atoms. The second-order valence-corrected chi connectivity index (χ2v) is 5.39. The monoisotopic (exact) mass is 338 g/mol. The molecule has 0 fully saturated rings. The zero-order valence-corrected chi connectivity index (χ0v) is 14.0. The summed E-state index contributed by atoms with van der Waals surface area (Å²) in [5, 5.41) is 11.4. The molecule has 6 nitrogen and oxygen atoms in total. The Morgan fingerprint density at radius 3 is 2.64 bits per heavy atom. The zero-order chi connectivity index (χ0) is 18.2. The summed E-state index contributed by atoms with van der Waals surface area (Å²) in [7, 11) is 0. The van der Waals surface area contributed by atoms with Gasteiger partial charge in [-0.2, -0.15) is 5.26 Å². The van der Waals surface area contributed by atoms with Gasteiger partial charge in [0.2, 0.25) is 0 Å². The fourth-order valence-electron chi connectivity index (χ4n) is 2.07. The first kappa shape index (κ1) is 18.0. The summed E-state index contributed by atoms with van der Waals surface area (Å²) in [5.74, 6) is -0.522. The van der Waals surface area contributed by atoms with E-state index in [2.05, 4.69) is 5.32 Å². The van der Waals surface area contributed by atoms with Crippen LogP contribution in [0.25, 0.3) is 0 Å². The number of carbonyl (C=O) groups is 2. The highest BCUT2D eigenvalue weighted by atomic mass is 16.6. The number of amides is 1. The third-order valence-corrected chi connectivity index (χ3v) is 3.54. The van der Waals surface area contributed by atoms with Crippen LogP contribution in [0.4, 0.5) is 5.69 Å². The van der Waals surface area contributed by atoms with Gasteiger partial charge in [-0.25, -0.2) is 4.79 Å². The maximum Gasteiger partial charge on any atom is 0.344 e. The van der Waals surface area contributed by atoms with E-state index in [1.54, 1.807) is 24.3 Å². The predicted molar refractivity (Wildman–Crippen MR) is 92.2 cm³/mol. The standard InChI is InChI=1S/C19H18N2O4/c1-13-5-3-8-17(14(13)2)24-12-19(23)25-11-18(22)21-16-7-4-6-15(9-16)10-20/h3-9H,11-12H2,1-2H3,(H,21,22). The van der Waals surface area contributed by atoms with Crippen molar-refractivity contribution in [2.24, 2.45) is 0 Å². The molecule has 0 aliphatic heterocycles. The summed E-state index contributed by atoms with van der Waals surface area (Å²) in [5.41, 5.74) is 2.90. The molecule has 0 unspecified atom stereocenters. The van der Waals surface area contributed by atoms with Crippen molar-refractivity contribution in [2.75, 3.05) is 18.5 Å². The van der Waals surface area contributed by atoms with Crippen LogP contribution in [0.3, 0.4) is 0 Å². The first-order valence-corrected chi connectivity index (χ1v) is 7.64. The molecule has 0 aliphatic rings. The van der Waals surface area contributed by atoms with Crippen LogP contribution in [-0.2, 0) is 14.3 Å². The molecule has 1 amide bonds. The second kappa shape index (κ2) is 8.50. The quantitative estimate of drug-likeness (QED) is 0.818. The summed E-state index contributed by atoms with van der Waals surface area (Å²) in [6, 6.07) is 14.0. The number of benzene rings is 2. The van der Waals surface area contributed by atoms with Gasteiger partial charge < -0.3 is 14.8 Å². The lowest BCUT2D eigenvalue weighted by Gasteiger charge is -2.10. The molecule has 2 aromatic carbocycles. The number of ether oxygens (including phenoxy) is 2. The molecule has 0 aliphatic carbocycles. The van der Waals surface area contributed by atoms with Crippen LogP contribution >= 0.6 is 0 Å². The maximum absolute atomic E-state index is 11.8. The third-order valence-electron chi connectivity index (χ3n) is 3.54. The minimum absolute atomic E-state index is 0.276. The highest BCUT2D eigenvalue weighted by Gasteiger charge is 2.10. The fraction of sp³-hybridized carbons (Fsp3) is 0.211. The first-order chi connectivity index (χ1) is 12.0. The van der Waals surface area contributed by atoms with Gasteiger partial charge in [0.15, 0.2) is 13.2 Å². The van der Waals surface area contributed by atoms with E-state index in [0.29, 0.717) is 17.0 Å². The summed E-state index contributed by atoms with van der Waals surface area (Å²) in [6.45, 7) is 3.15. The molecule has 2 aromatic rings. The van der Waals surface area contributed by atoms with Crippen LogP contribution in [0.15, 0.2) is 42.5 Å². The SMILES string of the molecule is Cc1cccc(OCC(=O)OCC(=O)Nc2cccc(C#N)c2)c1C. The second-order valence-electron chi connectivity index (χ2n) is 5.39. The molecule has 0 bridgehead atoms. The number of rotatable bonds is 6. The van der Waals surface area contributed by atoms with Crippen LogP contribution < -0.4 is 10.1 Å². The van der Waals surface area contributed by atoms with Crippen molar-refractivity contribution in [1.29, 1.82) is 5.26 Å². The molecule has 0 atom stereocenters. The lowest BCUT2D eigenvalue weighted by molar-refractivity contribution is -0.149. The summed E-state index contributed by atoms with van der Waals surface area (Å²) in [6.07, 6.45) is 0. The maximum atomic E-state index is 11.8. The molecule has 1 N–H and O–H groups in total. The molecule has 2 rings (SSSR count). The van der Waals surface area contributed by atoms with Crippen molar-refractivity contribution < 1.29 is 19.1 Å². The Balaban J connectivity index is 1.78. The number of esters is 1. The molecule has 0 radical (unpaired) electrons. The fourth-order valence-corrected chi connectivity index (χ4v) is 2.07. The third kappa shape index (κ3) is 5.36. The lowest BCUT2D eigenvalue weighted by atomic mass is 10.1. The molecule has 0 aromatic heterocycles. The van der Waals surface area contributed by atoms with Crippen LogP contribution in [0.5, 0.6) is 5.75 Å². The van der Waals surface area contributed by atoms with Crippen LogP contribution in [0.2, 0.25) is 0 Å². The average molecular weight is 338 g/mol. The van der Waals surface area contributed by atoms with Gasteiger partial charge in [0, 0.05) is 5.69 Å². The van der Waals surface area contributed by atoms with Crippen molar-refractivity contribution in [3.05, 3.63) is 59.2 Å². The van der Waals surface area contributed by atoms with E-state index >= 15 is 0 Å². The first-order valence-electron chi connectivity index (χ1n) is 7.64. The molecule has 6 heteroatoms. The number of nitriles is 1. The van der Waals surface area contributed by atoms with Crippen molar-refractivity contribution >= 4 is 17.6 Å². The molecule has 25 heavy (non-hydrogen) atoms. The Hall–Kier alpha value is -3.33. The predicted octanol–water partition coefficient (Wildman–Crippen LogP) is 2.74. The van der Waals surface area contributed by atoms with Crippen LogP contribution in [0.1, 0.15) is 16.7 Å². The number of aryl methyl sites for hydroxylation is 1. The van der Waals surface area contributed by atoms with Crippen molar-refractivity contribution in [3.8, 4) is 11.8 Å². The largest absolute Gasteiger partial charge is 0.482 e. The van der Waals surface area contributed by atoms with Crippen LogP contribution in [-0.4, -0.2) is 25.1 Å². The topological polar surface area (TPSA) is 88.4 Å². The highest BCUT2D eigenvalue weighted by molar-refractivity contribution is 5.93. The van der Waals surface area contributed by atoms with E-state index in [0.717, 1.165) is 11.1 Å². The summed E-state index contributed by atoms with van der Waals surface area (Å²) in [4.78, 5) is 23.5. The lowest BCUT2D eigenvalue weighted by Crippen LogP contribution is -2.23. The van der Waals surface area contributed by atoms with E-state index in [-0.39, 0.29) is 6.61 Å². The Labute approximate surface area is 146 Å². The van der Waals surface area contributed by atoms with Gasteiger partial charge in [-0.1, -0.05) is 18.2 Å². The van der Waals surface area contributed by atoms with Gasteiger partial charge in [0.25, 0.3) is 5.91 Å². The van der Waals surface area contributed by atoms with Gasteiger partial charge in [-0.15, -0.1) is 0 Å². The van der Waals surface area contributed by atoms with Gasteiger partial charge in [0.1, 0.15) is 5.75 Å². The molecule has 0 saturated heterocycles. The molecule has 0 heterocycles. The zero-order valence-electron chi connectivity index (χ0n) is 14.0. The van der Waals surface area contributed by atoms with Gasteiger partial charge >= 0.3 is 5.97 Å². The summed E-state index contributed by atoms with van der Waals surface area (Å²) >= 11 is 0. The number of nitrogens with one attached hydrogen (secondary N) is 1. The smallest absolute Gasteiger partial charge is 0.344 e. The summed E-state index contributed by atoms with van der Waals surface area (Å²) < 4.78 is 10.3. The Morgan fingerprint density at radius 1 is 1.12 bits per heavy atom. The number of nitrogens with zero attached hydrogens (tertiary/aromatic N) is 1. The Bertz CT molecular complexity index is 824. The number of hydrogen-bond acceptors (Lipinski definition) is 5. The van der Waals surface area contributed by atoms with E-state index in [4.69, 9.17) is 14.7 Å². The molecule has 128 valence electrons. The number of hydrogen-bond donors (Lipinski definition) is 1. The molecular formula is C19H18N2O4. The normalized spacial score (nSPS) is 9.80.